The van der Waals surface area contributed by atoms with Crippen molar-refractivity contribution in [3.63, 3.8) is 0 Å². The molecule has 1 saturated heterocycles. The fourth-order valence-corrected chi connectivity index (χ4v) is 3.19. The van der Waals surface area contributed by atoms with Crippen LogP contribution in [-0.2, 0) is 13.2 Å². The summed E-state index contributed by atoms with van der Waals surface area (Å²) in [6.45, 7) is 3.90. The summed E-state index contributed by atoms with van der Waals surface area (Å²) in [6, 6.07) is 15.9. The molecule has 0 radical (unpaired) electrons. The van der Waals surface area contributed by atoms with E-state index in [2.05, 4.69) is 34.5 Å². The Balaban J connectivity index is 1.58. The highest BCUT2D eigenvalue weighted by Crippen LogP contribution is 2.20. The first kappa shape index (κ1) is 17.5. The molecule has 0 spiro atoms. The molecular weight excluding hydrogens is 312 g/mol. The Bertz CT molecular complexity index is 691. The minimum Gasteiger partial charge on any atom is -0.488 e. The molecule has 25 heavy (non-hydrogen) atoms. The molecule has 1 aliphatic heterocycles. The number of para-hydroxylation sites is 1. The number of rotatable bonds is 6. The molecule has 0 saturated carbocycles. The van der Waals surface area contributed by atoms with E-state index >= 15 is 0 Å². The van der Waals surface area contributed by atoms with Crippen LogP contribution >= 0.6 is 0 Å². The molecule has 0 atom stereocenters. The first-order chi connectivity index (χ1) is 12.3. The number of likely N-dealkylation sites (tertiary alicyclic amines) is 1. The van der Waals surface area contributed by atoms with Gasteiger partial charge in [0.15, 0.2) is 0 Å². The lowest BCUT2D eigenvalue weighted by atomic mass is 10.1. The molecule has 0 aliphatic carbocycles. The number of nitrogens with one attached hydrogen (secondary N) is 1. The molecule has 0 unspecified atom stereocenters. The number of hydrogen-bond acceptors (Lipinski definition) is 3. The summed E-state index contributed by atoms with van der Waals surface area (Å²) < 4.78 is 5.86. The van der Waals surface area contributed by atoms with E-state index in [1.165, 1.54) is 37.9 Å². The van der Waals surface area contributed by atoms with Gasteiger partial charge in [-0.05, 0) is 49.2 Å². The van der Waals surface area contributed by atoms with Crippen LogP contribution in [-0.4, -0.2) is 30.9 Å². The SMILES string of the molecule is CNC(=O)c1ccccc1OCc1ccc(CN2CCCCC2)cc1. The largest absolute Gasteiger partial charge is 0.488 e. The zero-order valence-electron chi connectivity index (χ0n) is 14.8. The highest BCUT2D eigenvalue weighted by atomic mass is 16.5. The van der Waals surface area contributed by atoms with Crippen LogP contribution in [0.4, 0.5) is 0 Å². The predicted octanol–water partition coefficient (Wildman–Crippen LogP) is 3.61. The third-order valence-electron chi connectivity index (χ3n) is 4.63. The summed E-state index contributed by atoms with van der Waals surface area (Å²) >= 11 is 0. The number of benzene rings is 2. The zero-order chi connectivity index (χ0) is 17.5. The lowest BCUT2D eigenvalue weighted by Crippen LogP contribution is -2.29. The van der Waals surface area contributed by atoms with Crippen molar-refractivity contribution in [3.05, 3.63) is 65.2 Å². The lowest BCUT2D eigenvalue weighted by Gasteiger charge is -2.26. The van der Waals surface area contributed by atoms with E-state index in [0.29, 0.717) is 17.9 Å². The van der Waals surface area contributed by atoms with Gasteiger partial charge in [-0.1, -0.05) is 42.8 Å². The number of carbonyl (C=O) groups is 1. The summed E-state index contributed by atoms with van der Waals surface area (Å²) in [5.74, 6) is 0.478. The monoisotopic (exact) mass is 338 g/mol. The van der Waals surface area contributed by atoms with E-state index in [9.17, 15) is 4.79 Å². The second kappa shape index (κ2) is 8.67. The predicted molar refractivity (Wildman–Crippen MR) is 99.7 cm³/mol. The molecule has 1 amide bonds. The molecule has 1 N–H and O–H groups in total. The van der Waals surface area contributed by atoms with Crippen LogP contribution in [0.25, 0.3) is 0 Å². The zero-order valence-corrected chi connectivity index (χ0v) is 14.8. The normalized spacial score (nSPS) is 14.9. The maximum atomic E-state index is 11.9. The fraction of sp³-hybridized carbons (Fsp3) is 0.381. The van der Waals surface area contributed by atoms with Crippen LogP contribution in [0, 0.1) is 0 Å². The molecule has 1 heterocycles. The van der Waals surface area contributed by atoms with Crippen molar-refractivity contribution in [2.45, 2.75) is 32.4 Å². The van der Waals surface area contributed by atoms with Gasteiger partial charge in [-0.25, -0.2) is 0 Å². The van der Waals surface area contributed by atoms with Crippen LogP contribution in [0.3, 0.4) is 0 Å². The molecule has 2 aromatic carbocycles. The summed E-state index contributed by atoms with van der Waals surface area (Å²) in [5, 5.41) is 2.64. The minimum absolute atomic E-state index is 0.132. The molecule has 2 aromatic rings. The highest BCUT2D eigenvalue weighted by Gasteiger charge is 2.11. The van der Waals surface area contributed by atoms with Gasteiger partial charge in [0.05, 0.1) is 5.56 Å². The highest BCUT2D eigenvalue weighted by molar-refractivity contribution is 5.96. The van der Waals surface area contributed by atoms with Gasteiger partial charge in [0.2, 0.25) is 0 Å². The topological polar surface area (TPSA) is 41.6 Å². The van der Waals surface area contributed by atoms with Gasteiger partial charge in [-0.15, -0.1) is 0 Å². The Hall–Kier alpha value is -2.33. The fourth-order valence-electron chi connectivity index (χ4n) is 3.19. The number of amides is 1. The first-order valence-electron chi connectivity index (χ1n) is 9.00. The average molecular weight is 338 g/mol. The molecule has 4 heteroatoms. The molecule has 0 aromatic heterocycles. The molecule has 132 valence electrons. The molecule has 4 nitrogen and oxygen atoms in total. The smallest absolute Gasteiger partial charge is 0.254 e. The number of hydrogen-bond donors (Lipinski definition) is 1. The van der Waals surface area contributed by atoms with Crippen molar-refractivity contribution in [3.8, 4) is 5.75 Å². The van der Waals surface area contributed by atoms with Crippen molar-refractivity contribution in [2.24, 2.45) is 0 Å². The number of piperidine rings is 1. The van der Waals surface area contributed by atoms with Crippen LogP contribution in [0.5, 0.6) is 5.75 Å². The average Bonchev–Trinajstić information content (AvgIpc) is 2.68. The summed E-state index contributed by atoms with van der Waals surface area (Å²) in [5.41, 5.74) is 3.01. The Labute approximate surface area is 149 Å². The third kappa shape index (κ3) is 4.83. The van der Waals surface area contributed by atoms with Crippen molar-refractivity contribution in [1.82, 2.24) is 10.2 Å². The molecule has 1 fully saturated rings. The van der Waals surface area contributed by atoms with Crippen molar-refractivity contribution in [2.75, 3.05) is 20.1 Å². The van der Waals surface area contributed by atoms with E-state index in [0.717, 1.165) is 12.1 Å². The van der Waals surface area contributed by atoms with Crippen LogP contribution < -0.4 is 10.1 Å². The van der Waals surface area contributed by atoms with Crippen LogP contribution in [0.15, 0.2) is 48.5 Å². The van der Waals surface area contributed by atoms with Crippen LogP contribution in [0.2, 0.25) is 0 Å². The maximum absolute atomic E-state index is 11.9. The van der Waals surface area contributed by atoms with Gasteiger partial charge in [0.1, 0.15) is 12.4 Å². The number of carbonyl (C=O) groups excluding carboxylic acids is 1. The summed E-state index contributed by atoms with van der Waals surface area (Å²) in [7, 11) is 1.63. The van der Waals surface area contributed by atoms with E-state index in [1.54, 1.807) is 13.1 Å². The quantitative estimate of drug-likeness (QED) is 0.875. The van der Waals surface area contributed by atoms with Crippen LogP contribution in [0.1, 0.15) is 40.7 Å². The van der Waals surface area contributed by atoms with Gasteiger partial charge in [-0.2, -0.15) is 0 Å². The van der Waals surface area contributed by atoms with E-state index in [4.69, 9.17) is 4.74 Å². The van der Waals surface area contributed by atoms with Crippen molar-refractivity contribution >= 4 is 5.91 Å². The molecular formula is C21H26N2O2. The minimum atomic E-state index is -0.132. The number of nitrogens with zero attached hydrogens (tertiary/aromatic N) is 1. The maximum Gasteiger partial charge on any atom is 0.254 e. The number of ether oxygens (including phenoxy) is 1. The third-order valence-corrected chi connectivity index (χ3v) is 4.63. The lowest BCUT2D eigenvalue weighted by molar-refractivity contribution is 0.0958. The van der Waals surface area contributed by atoms with E-state index < -0.39 is 0 Å². The second-order valence-electron chi connectivity index (χ2n) is 6.52. The molecule has 3 rings (SSSR count). The first-order valence-corrected chi connectivity index (χ1v) is 9.00. The van der Waals surface area contributed by atoms with E-state index in [-0.39, 0.29) is 5.91 Å². The summed E-state index contributed by atoms with van der Waals surface area (Å²) in [6.07, 6.45) is 4.00. The van der Waals surface area contributed by atoms with E-state index in [1.807, 2.05) is 18.2 Å². The van der Waals surface area contributed by atoms with Gasteiger partial charge in [0, 0.05) is 13.6 Å². The van der Waals surface area contributed by atoms with Crippen molar-refractivity contribution in [1.29, 1.82) is 0 Å². The standard InChI is InChI=1S/C21H26N2O2/c1-22-21(24)19-7-3-4-8-20(19)25-16-18-11-9-17(10-12-18)15-23-13-5-2-6-14-23/h3-4,7-12H,2,5-6,13-16H2,1H3,(H,22,24). The van der Waals surface area contributed by atoms with Gasteiger partial charge in [0.25, 0.3) is 5.91 Å². The van der Waals surface area contributed by atoms with Crippen molar-refractivity contribution < 1.29 is 9.53 Å². The van der Waals surface area contributed by atoms with Gasteiger partial charge < -0.3 is 10.1 Å². The Kier molecular flexibility index (Phi) is 6.07. The van der Waals surface area contributed by atoms with Gasteiger partial charge >= 0.3 is 0 Å². The Morgan fingerprint density at radius 3 is 2.40 bits per heavy atom. The summed E-state index contributed by atoms with van der Waals surface area (Å²) in [4.78, 5) is 14.4. The second-order valence-corrected chi connectivity index (χ2v) is 6.52. The Morgan fingerprint density at radius 1 is 1.00 bits per heavy atom. The molecule has 0 bridgehead atoms. The Morgan fingerprint density at radius 2 is 1.68 bits per heavy atom. The van der Waals surface area contributed by atoms with Gasteiger partial charge in [-0.3, -0.25) is 9.69 Å². The molecule has 1 aliphatic rings.